The lowest BCUT2D eigenvalue weighted by Crippen LogP contribution is -2.16. The molecule has 2 rings (SSSR count). The van der Waals surface area contributed by atoms with Crippen LogP contribution >= 0.6 is 0 Å². The lowest BCUT2D eigenvalue weighted by atomic mass is 10.2. The van der Waals surface area contributed by atoms with E-state index in [-0.39, 0.29) is 0 Å². The average Bonchev–Trinajstić information content (AvgIpc) is 2.28. The Bertz CT molecular complexity index is 199. The molecular weight excluding hydrogens is 128 g/mol. The zero-order chi connectivity index (χ0) is 6.81. The monoisotopic (exact) mass is 138 g/mol. The summed E-state index contributed by atoms with van der Waals surface area (Å²) in [5.41, 5.74) is 1.13. The fourth-order valence-corrected chi connectivity index (χ4v) is 1.23. The van der Waals surface area contributed by atoms with Crippen LogP contribution in [0.4, 0.5) is 0 Å². The fraction of sp³-hybridized carbons (Fsp3) is 0.571. The topological polar surface area (TPSA) is 38.1 Å². The van der Waals surface area contributed by atoms with Gasteiger partial charge < -0.3 is 9.73 Å². The molecule has 0 unspecified atom stereocenters. The fourth-order valence-electron chi connectivity index (χ4n) is 1.23. The first-order chi connectivity index (χ1) is 4.97. The molecule has 0 atom stereocenters. The number of hydrogen-bond donors (Lipinski definition) is 1. The number of hydrogen-bond acceptors (Lipinski definition) is 3. The Labute approximate surface area is 59.4 Å². The van der Waals surface area contributed by atoms with Gasteiger partial charge in [0.2, 0.25) is 0 Å². The summed E-state index contributed by atoms with van der Waals surface area (Å²) in [5, 5.41) is 3.28. The molecule has 0 saturated heterocycles. The third-order valence-corrected chi connectivity index (χ3v) is 1.79. The van der Waals surface area contributed by atoms with Crippen molar-refractivity contribution in [3.63, 3.8) is 0 Å². The molecule has 3 heteroatoms. The van der Waals surface area contributed by atoms with E-state index in [1.54, 1.807) is 0 Å². The first-order valence-corrected chi connectivity index (χ1v) is 3.59. The van der Waals surface area contributed by atoms with E-state index in [9.17, 15) is 0 Å². The predicted molar refractivity (Wildman–Crippen MR) is 36.8 cm³/mol. The summed E-state index contributed by atoms with van der Waals surface area (Å²) in [5.74, 6) is 1.06. The number of rotatable bonds is 0. The molecule has 0 spiro atoms. The van der Waals surface area contributed by atoms with Crippen molar-refractivity contribution in [3.8, 4) is 0 Å². The molecule has 1 aliphatic rings. The van der Waals surface area contributed by atoms with Gasteiger partial charge in [0.05, 0.1) is 5.69 Å². The van der Waals surface area contributed by atoms with Crippen LogP contribution < -0.4 is 5.32 Å². The van der Waals surface area contributed by atoms with Gasteiger partial charge in [-0.25, -0.2) is 4.98 Å². The van der Waals surface area contributed by atoms with Gasteiger partial charge in [0.25, 0.3) is 0 Å². The van der Waals surface area contributed by atoms with Crippen LogP contribution in [0, 0.1) is 0 Å². The molecule has 54 valence electrons. The van der Waals surface area contributed by atoms with E-state index in [0.29, 0.717) is 0 Å². The summed E-state index contributed by atoms with van der Waals surface area (Å²) in [7, 11) is 0. The second-order valence-electron chi connectivity index (χ2n) is 2.47. The van der Waals surface area contributed by atoms with Crippen molar-refractivity contribution in [1.82, 2.24) is 10.3 Å². The van der Waals surface area contributed by atoms with Crippen molar-refractivity contribution in [2.75, 3.05) is 13.1 Å². The highest BCUT2D eigenvalue weighted by Gasteiger charge is 2.10. The van der Waals surface area contributed by atoms with Crippen LogP contribution in [0.2, 0.25) is 0 Å². The standard InChI is InChI=1S/C7H10N2O/c1-3-8-4-2-7-6(1)9-5-10-7/h5,8H,1-4H2. The van der Waals surface area contributed by atoms with Crippen LogP contribution in [0.25, 0.3) is 0 Å². The number of oxazole rings is 1. The molecule has 3 nitrogen and oxygen atoms in total. The van der Waals surface area contributed by atoms with Crippen molar-refractivity contribution < 1.29 is 4.42 Å². The Morgan fingerprint density at radius 1 is 1.40 bits per heavy atom. The van der Waals surface area contributed by atoms with Gasteiger partial charge in [0.1, 0.15) is 5.76 Å². The zero-order valence-electron chi connectivity index (χ0n) is 5.76. The van der Waals surface area contributed by atoms with Crippen LogP contribution in [-0.4, -0.2) is 18.1 Å². The van der Waals surface area contributed by atoms with Crippen LogP contribution in [0.15, 0.2) is 10.8 Å². The third-order valence-electron chi connectivity index (χ3n) is 1.79. The summed E-state index contributed by atoms with van der Waals surface area (Å²) in [6.45, 7) is 2.04. The van der Waals surface area contributed by atoms with Crippen LogP contribution in [-0.2, 0) is 12.8 Å². The smallest absolute Gasteiger partial charge is 0.181 e. The quantitative estimate of drug-likeness (QED) is 0.562. The lowest BCUT2D eigenvalue weighted by Gasteiger charge is -1.92. The molecule has 0 bridgehead atoms. The molecule has 0 amide bonds. The van der Waals surface area contributed by atoms with E-state index in [4.69, 9.17) is 4.42 Å². The minimum Gasteiger partial charge on any atom is -0.448 e. The normalized spacial score (nSPS) is 18.0. The molecule has 1 aromatic heterocycles. The molecule has 0 aliphatic carbocycles. The van der Waals surface area contributed by atoms with Crippen LogP contribution in [0.3, 0.4) is 0 Å². The summed E-state index contributed by atoms with van der Waals surface area (Å²) < 4.78 is 5.18. The Hall–Kier alpha value is -0.830. The van der Waals surface area contributed by atoms with Crippen molar-refractivity contribution in [1.29, 1.82) is 0 Å². The van der Waals surface area contributed by atoms with Crippen molar-refractivity contribution in [2.45, 2.75) is 12.8 Å². The summed E-state index contributed by atoms with van der Waals surface area (Å²) in [6, 6.07) is 0. The third kappa shape index (κ3) is 0.926. The lowest BCUT2D eigenvalue weighted by molar-refractivity contribution is 0.499. The molecule has 0 aromatic carbocycles. The number of nitrogens with one attached hydrogen (secondary N) is 1. The van der Waals surface area contributed by atoms with Gasteiger partial charge in [-0.1, -0.05) is 0 Å². The highest BCUT2D eigenvalue weighted by Crippen LogP contribution is 2.09. The Balaban J connectivity index is 2.28. The molecular formula is C7H10N2O. The summed E-state index contributed by atoms with van der Waals surface area (Å²) in [4.78, 5) is 4.11. The maximum atomic E-state index is 5.18. The van der Waals surface area contributed by atoms with Gasteiger partial charge in [-0.15, -0.1) is 0 Å². The Kier molecular flexibility index (Phi) is 1.43. The Morgan fingerprint density at radius 2 is 2.30 bits per heavy atom. The molecule has 0 fully saturated rings. The first-order valence-electron chi connectivity index (χ1n) is 3.59. The minimum absolute atomic E-state index is 0.981. The molecule has 0 saturated carbocycles. The van der Waals surface area contributed by atoms with Crippen molar-refractivity contribution in [3.05, 3.63) is 17.8 Å². The highest BCUT2D eigenvalue weighted by molar-refractivity contribution is 5.09. The highest BCUT2D eigenvalue weighted by atomic mass is 16.3. The van der Waals surface area contributed by atoms with Gasteiger partial charge in [0.15, 0.2) is 6.39 Å². The Morgan fingerprint density at radius 3 is 3.30 bits per heavy atom. The van der Waals surface area contributed by atoms with Gasteiger partial charge in [-0.2, -0.15) is 0 Å². The molecule has 0 radical (unpaired) electrons. The van der Waals surface area contributed by atoms with E-state index in [0.717, 1.165) is 37.4 Å². The minimum atomic E-state index is 0.981. The SMILES string of the molecule is c1nc2c(o1)CCNCC2. The van der Waals surface area contributed by atoms with Crippen LogP contribution in [0.5, 0.6) is 0 Å². The molecule has 1 aromatic rings. The molecule has 1 aliphatic heterocycles. The van der Waals surface area contributed by atoms with E-state index in [1.807, 2.05) is 0 Å². The maximum Gasteiger partial charge on any atom is 0.181 e. The second kappa shape index (κ2) is 2.42. The average molecular weight is 138 g/mol. The molecule has 10 heavy (non-hydrogen) atoms. The van der Waals surface area contributed by atoms with Gasteiger partial charge in [0, 0.05) is 25.9 Å². The van der Waals surface area contributed by atoms with E-state index >= 15 is 0 Å². The summed E-state index contributed by atoms with van der Waals surface area (Å²) in [6.07, 6.45) is 3.52. The first kappa shape index (κ1) is 5.92. The summed E-state index contributed by atoms with van der Waals surface area (Å²) >= 11 is 0. The number of nitrogens with zero attached hydrogens (tertiary/aromatic N) is 1. The molecule has 2 heterocycles. The van der Waals surface area contributed by atoms with E-state index in [1.165, 1.54) is 6.39 Å². The largest absolute Gasteiger partial charge is 0.448 e. The second-order valence-corrected chi connectivity index (χ2v) is 2.47. The van der Waals surface area contributed by atoms with E-state index in [2.05, 4.69) is 10.3 Å². The van der Waals surface area contributed by atoms with Crippen molar-refractivity contribution in [2.24, 2.45) is 0 Å². The molecule has 1 N–H and O–H groups in total. The van der Waals surface area contributed by atoms with Crippen LogP contribution in [0.1, 0.15) is 11.5 Å². The zero-order valence-corrected chi connectivity index (χ0v) is 5.76. The van der Waals surface area contributed by atoms with Gasteiger partial charge in [-0.3, -0.25) is 0 Å². The van der Waals surface area contributed by atoms with Crippen molar-refractivity contribution >= 4 is 0 Å². The van der Waals surface area contributed by atoms with Gasteiger partial charge >= 0.3 is 0 Å². The number of aromatic nitrogens is 1. The van der Waals surface area contributed by atoms with Gasteiger partial charge in [-0.05, 0) is 0 Å². The predicted octanol–water partition coefficient (Wildman–Crippen LogP) is 0.363. The number of fused-ring (bicyclic) bond motifs is 1. The van der Waals surface area contributed by atoms with E-state index < -0.39 is 0 Å². The maximum absolute atomic E-state index is 5.18.